The number of halogens is 4. The predicted octanol–water partition coefficient (Wildman–Crippen LogP) is 8.95. The second-order valence-corrected chi connectivity index (χ2v) is 15.3. The molecule has 0 radical (unpaired) electrons. The summed E-state index contributed by atoms with van der Waals surface area (Å²) in [6, 6.07) is 20.5. The van der Waals surface area contributed by atoms with Gasteiger partial charge in [0.25, 0.3) is 11.8 Å². The van der Waals surface area contributed by atoms with Crippen molar-refractivity contribution >= 4 is 11.8 Å². The van der Waals surface area contributed by atoms with Crippen molar-refractivity contribution in [2.75, 3.05) is 32.7 Å². The van der Waals surface area contributed by atoms with Crippen LogP contribution < -0.4 is 15.4 Å². The van der Waals surface area contributed by atoms with Crippen LogP contribution in [-0.4, -0.2) is 77.8 Å². The van der Waals surface area contributed by atoms with E-state index in [0.29, 0.717) is 17.0 Å². The van der Waals surface area contributed by atoms with Crippen LogP contribution in [0, 0.1) is 11.7 Å². The number of carbonyl (C=O) groups is 2. The van der Waals surface area contributed by atoms with Crippen LogP contribution in [0.2, 0.25) is 0 Å². The van der Waals surface area contributed by atoms with Crippen molar-refractivity contribution in [2.24, 2.45) is 5.92 Å². The van der Waals surface area contributed by atoms with Crippen LogP contribution in [0.5, 0.6) is 5.75 Å². The standard InChI is InChI=1S/C46H47F4N5O3/c1-31-7-12-40(55-24-19-39(20-25-55)53-44(56)35-5-2-4-34(27-35)37-6-3-21-51-29-37)13-8-32(26-31)30-54-22-17-38(18-23-54)52-45(57)36-11-16-43(47)42(28-36)33-9-14-41(15-10-33)58-46(48,49)50/h2-6,8-16,21,26-29,31,38-39H,7,17-20,22-25,30H2,1H3,(H,52,57)(H,53,56). The molecule has 2 saturated heterocycles. The highest BCUT2D eigenvalue weighted by molar-refractivity contribution is 5.96. The molecule has 1 aromatic heterocycles. The fourth-order valence-electron chi connectivity index (χ4n) is 7.81. The molecule has 8 nitrogen and oxygen atoms in total. The molecule has 1 atom stereocenters. The molecule has 0 spiro atoms. The molecular weight excluding hydrogens is 747 g/mol. The first kappa shape index (κ1) is 40.4. The maximum atomic E-state index is 14.7. The number of rotatable bonds is 10. The summed E-state index contributed by atoms with van der Waals surface area (Å²) in [5.74, 6) is -1.01. The quantitative estimate of drug-likeness (QED) is 0.156. The lowest BCUT2D eigenvalue weighted by Gasteiger charge is -2.35. The van der Waals surface area contributed by atoms with Crippen molar-refractivity contribution in [3.05, 3.63) is 144 Å². The second kappa shape index (κ2) is 18.2. The zero-order valence-corrected chi connectivity index (χ0v) is 32.4. The number of ether oxygens (including phenoxy) is 1. The van der Waals surface area contributed by atoms with Gasteiger partial charge in [-0.1, -0.05) is 55.5 Å². The van der Waals surface area contributed by atoms with Crippen molar-refractivity contribution in [2.45, 2.75) is 57.5 Å². The number of nitrogens with zero attached hydrogens (tertiary/aromatic N) is 3. The first-order chi connectivity index (χ1) is 28.0. The van der Waals surface area contributed by atoms with Gasteiger partial charge in [0, 0.05) is 85.2 Å². The minimum Gasteiger partial charge on any atom is -0.406 e. The molecular formula is C46H47F4N5O3. The molecule has 2 aliphatic heterocycles. The molecule has 1 aliphatic carbocycles. The Hall–Kier alpha value is -5.75. The molecule has 302 valence electrons. The Morgan fingerprint density at radius 3 is 2.14 bits per heavy atom. The van der Waals surface area contributed by atoms with Gasteiger partial charge >= 0.3 is 6.36 Å². The Balaban J connectivity index is 0.873. The van der Waals surface area contributed by atoms with Crippen LogP contribution in [0.3, 0.4) is 0 Å². The molecule has 1 unspecified atom stereocenters. The van der Waals surface area contributed by atoms with E-state index in [4.69, 9.17) is 0 Å². The SMILES string of the molecule is CC1C=C(CN2CCC(NC(=O)c3ccc(F)c(-c4ccc(OC(F)(F)F)cc4)c3)CC2)C=CC(N2CCC(NC(=O)c3cccc(-c4cccnc4)c3)CC2)=CC1. The second-order valence-electron chi connectivity index (χ2n) is 15.3. The number of aromatic nitrogens is 1. The predicted molar refractivity (Wildman–Crippen MR) is 216 cm³/mol. The van der Waals surface area contributed by atoms with Gasteiger partial charge in [0.2, 0.25) is 0 Å². The summed E-state index contributed by atoms with van der Waals surface area (Å²) in [5, 5.41) is 6.35. The van der Waals surface area contributed by atoms with Gasteiger partial charge in [-0.25, -0.2) is 4.39 Å². The van der Waals surface area contributed by atoms with E-state index in [2.05, 4.69) is 61.4 Å². The number of hydrogen-bond acceptors (Lipinski definition) is 6. The first-order valence-corrected chi connectivity index (χ1v) is 19.8. The number of alkyl halides is 3. The average molecular weight is 794 g/mol. The Morgan fingerprint density at radius 1 is 0.793 bits per heavy atom. The molecule has 3 aromatic carbocycles. The van der Waals surface area contributed by atoms with E-state index in [0.717, 1.165) is 88.1 Å². The number of hydrogen-bond donors (Lipinski definition) is 2. The van der Waals surface area contributed by atoms with Crippen molar-refractivity contribution in [3.63, 3.8) is 0 Å². The number of amides is 2. The largest absolute Gasteiger partial charge is 0.573 e. The van der Waals surface area contributed by atoms with Crippen LogP contribution in [0.15, 0.2) is 127 Å². The van der Waals surface area contributed by atoms with Crippen LogP contribution >= 0.6 is 0 Å². The Morgan fingerprint density at radius 2 is 1.47 bits per heavy atom. The third kappa shape index (κ3) is 10.8. The number of carbonyl (C=O) groups excluding carboxylic acids is 2. The minimum absolute atomic E-state index is 0.0453. The Kier molecular flexibility index (Phi) is 12.7. The molecule has 7 rings (SSSR count). The highest BCUT2D eigenvalue weighted by Gasteiger charge is 2.31. The summed E-state index contributed by atoms with van der Waals surface area (Å²) in [6.45, 7) is 6.37. The fraction of sp³-hybridized carbons (Fsp3) is 0.326. The average Bonchev–Trinajstić information content (AvgIpc) is 3.21. The maximum Gasteiger partial charge on any atom is 0.573 e. The molecule has 0 saturated carbocycles. The topological polar surface area (TPSA) is 86.8 Å². The first-order valence-electron chi connectivity index (χ1n) is 19.8. The third-order valence-corrected chi connectivity index (χ3v) is 10.9. The summed E-state index contributed by atoms with van der Waals surface area (Å²) < 4.78 is 56.3. The van der Waals surface area contributed by atoms with Crippen molar-refractivity contribution in [1.82, 2.24) is 25.4 Å². The molecule has 4 aromatic rings. The van der Waals surface area contributed by atoms with E-state index in [1.807, 2.05) is 36.4 Å². The summed E-state index contributed by atoms with van der Waals surface area (Å²) in [4.78, 5) is 35.4. The molecule has 2 N–H and O–H groups in total. The van der Waals surface area contributed by atoms with E-state index < -0.39 is 17.9 Å². The Labute approximate surface area is 336 Å². The van der Waals surface area contributed by atoms with E-state index in [-0.39, 0.29) is 35.0 Å². The summed E-state index contributed by atoms with van der Waals surface area (Å²) in [7, 11) is 0. The summed E-state index contributed by atoms with van der Waals surface area (Å²) in [5.41, 5.74) is 5.77. The highest BCUT2D eigenvalue weighted by atomic mass is 19.4. The summed E-state index contributed by atoms with van der Waals surface area (Å²) >= 11 is 0. The number of likely N-dealkylation sites (tertiary alicyclic amines) is 2. The number of pyridine rings is 1. The normalized spacial score (nSPS) is 18.4. The van der Waals surface area contributed by atoms with Gasteiger partial charge in [-0.2, -0.15) is 0 Å². The number of benzene rings is 3. The Bertz CT molecular complexity index is 2150. The zero-order chi connectivity index (χ0) is 40.6. The third-order valence-electron chi connectivity index (χ3n) is 10.9. The lowest BCUT2D eigenvalue weighted by Crippen LogP contribution is -2.45. The van der Waals surface area contributed by atoms with Crippen LogP contribution in [-0.2, 0) is 0 Å². The maximum absolute atomic E-state index is 14.7. The van der Waals surface area contributed by atoms with E-state index in [1.165, 1.54) is 41.6 Å². The van der Waals surface area contributed by atoms with Gasteiger partial charge in [0.15, 0.2) is 0 Å². The monoisotopic (exact) mass is 793 g/mol. The van der Waals surface area contributed by atoms with Crippen molar-refractivity contribution < 1.29 is 31.9 Å². The lowest BCUT2D eigenvalue weighted by atomic mass is 9.97. The van der Waals surface area contributed by atoms with Crippen molar-refractivity contribution in [1.29, 1.82) is 0 Å². The smallest absolute Gasteiger partial charge is 0.406 e. The molecule has 12 heteroatoms. The van der Waals surface area contributed by atoms with Gasteiger partial charge in [-0.3, -0.25) is 19.5 Å². The van der Waals surface area contributed by atoms with Crippen LogP contribution in [0.25, 0.3) is 22.3 Å². The van der Waals surface area contributed by atoms with Gasteiger partial charge < -0.3 is 20.3 Å². The lowest BCUT2D eigenvalue weighted by molar-refractivity contribution is -0.274. The van der Waals surface area contributed by atoms with E-state index >= 15 is 0 Å². The van der Waals surface area contributed by atoms with Crippen LogP contribution in [0.1, 0.15) is 59.7 Å². The summed E-state index contributed by atoms with van der Waals surface area (Å²) in [6.07, 6.45) is 12.0. The number of piperidine rings is 2. The fourth-order valence-corrected chi connectivity index (χ4v) is 7.81. The van der Waals surface area contributed by atoms with Crippen LogP contribution in [0.4, 0.5) is 17.6 Å². The number of nitrogens with one attached hydrogen (secondary N) is 2. The van der Waals surface area contributed by atoms with E-state index in [1.54, 1.807) is 12.4 Å². The van der Waals surface area contributed by atoms with Crippen molar-refractivity contribution in [3.8, 4) is 28.0 Å². The molecule has 2 fully saturated rings. The van der Waals surface area contributed by atoms with E-state index in [9.17, 15) is 27.2 Å². The minimum atomic E-state index is -4.83. The van der Waals surface area contributed by atoms with Gasteiger partial charge in [0.1, 0.15) is 11.6 Å². The molecule has 3 aliphatic rings. The zero-order valence-electron chi connectivity index (χ0n) is 32.4. The molecule has 2 amide bonds. The van der Waals surface area contributed by atoms with Gasteiger partial charge in [0.05, 0.1) is 0 Å². The van der Waals surface area contributed by atoms with Gasteiger partial charge in [-0.15, -0.1) is 13.2 Å². The molecule has 0 bridgehead atoms. The van der Waals surface area contributed by atoms with Gasteiger partial charge in [-0.05, 0) is 109 Å². The highest BCUT2D eigenvalue weighted by Crippen LogP contribution is 2.29. The number of allylic oxidation sites excluding steroid dienone is 3. The molecule has 58 heavy (non-hydrogen) atoms. The molecule has 3 heterocycles.